The highest BCUT2D eigenvalue weighted by atomic mass is 35.5. The van der Waals surface area contributed by atoms with Crippen LogP contribution in [0.2, 0.25) is 0 Å². The molecule has 1 saturated heterocycles. The minimum absolute atomic E-state index is 0. The average Bonchev–Trinajstić information content (AvgIpc) is 2.00. The van der Waals surface area contributed by atoms with Gasteiger partial charge in [-0.1, -0.05) is 13.8 Å². The van der Waals surface area contributed by atoms with Gasteiger partial charge in [0.25, 0.3) is 0 Å². The average molecular weight is 148 g/mol. The Hall–Kier alpha value is 0.250. The molecule has 2 unspecified atom stereocenters. The predicted octanol–water partition coefficient (Wildman–Crippen LogP) is 1.43. The number of hydrogen-bond donors (Lipinski definition) is 1. The van der Waals surface area contributed by atoms with Gasteiger partial charge in [0.05, 0.1) is 0 Å². The molecule has 9 heavy (non-hydrogen) atoms. The molecule has 0 spiro atoms. The Balaban J connectivity index is 0.000000405. The van der Waals surface area contributed by atoms with Gasteiger partial charge in [0, 0.05) is 13.1 Å². The highest BCUT2D eigenvalue weighted by Crippen LogP contribution is 2.65. The molecule has 2 atom stereocenters. The number of halogens is 1. The summed E-state index contributed by atoms with van der Waals surface area (Å²) >= 11 is 0. The maximum absolute atomic E-state index is 3.40. The number of nitrogens with one attached hydrogen (secondary N) is 1. The number of rotatable bonds is 0. The molecule has 0 aromatic rings. The Bertz CT molecular complexity index is 115. The first-order valence-corrected chi connectivity index (χ1v) is 3.37. The molecule has 2 aliphatic rings. The van der Waals surface area contributed by atoms with Gasteiger partial charge in [-0.25, -0.2) is 0 Å². The van der Waals surface area contributed by atoms with Crippen molar-refractivity contribution < 1.29 is 0 Å². The zero-order chi connectivity index (χ0) is 5.83. The predicted molar refractivity (Wildman–Crippen MR) is 40.9 cm³/mol. The van der Waals surface area contributed by atoms with Crippen molar-refractivity contribution in [2.24, 2.45) is 10.8 Å². The van der Waals surface area contributed by atoms with E-state index in [1.165, 1.54) is 19.5 Å². The van der Waals surface area contributed by atoms with Crippen LogP contribution in [0, 0.1) is 10.8 Å². The number of fused-ring (bicyclic) bond motifs is 1. The van der Waals surface area contributed by atoms with Crippen LogP contribution < -0.4 is 5.32 Å². The van der Waals surface area contributed by atoms with E-state index in [2.05, 4.69) is 19.2 Å². The standard InChI is InChI=1S/C7H13N.ClH/c1-6-3-7(6,2)5-8-4-6;/h8H,3-5H2,1-2H3;1H. The molecule has 2 fully saturated rings. The van der Waals surface area contributed by atoms with Crippen molar-refractivity contribution in [2.45, 2.75) is 20.3 Å². The summed E-state index contributed by atoms with van der Waals surface area (Å²) in [6, 6.07) is 0. The van der Waals surface area contributed by atoms with E-state index in [1.54, 1.807) is 0 Å². The topological polar surface area (TPSA) is 12.0 Å². The summed E-state index contributed by atoms with van der Waals surface area (Å²) in [6.45, 7) is 7.27. The van der Waals surface area contributed by atoms with E-state index in [-0.39, 0.29) is 12.4 Å². The molecule has 0 amide bonds. The molecule has 0 radical (unpaired) electrons. The second kappa shape index (κ2) is 1.64. The van der Waals surface area contributed by atoms with Gasteiger partial charge in [-0.2, -0.15) is 0 Å². The van der Waals surface area contributed by atoms with E-state index in [1.807, 2.05) is 0 Å². The van der Waals surface area contributed by atoms with E-state index in [0.29, 0.717) is 10.8 Å². The molecule has 1 aliphatic heterocycles. The highest BCUT2D eigenvalue weighted by molar-refractivity contribution is 5.85. The molecule has 1 heterocycles. The Morgan fingerprint density at radius 3 is 1.67 bits per heavy atom. The van der Waals surface area contributed by atoms with E-state index in [0.717, 1.165) is 0 Å². The maximum Gasteiger partial charge on any atom is 0.00113 e. The van der Waals surface area contributed by atoms with Crippen molar-refractivity contribution in [3.63, 3.8) is 0 Å². The molecular weight excluding hydrogens is 134 g/mol. The lowest BCUT2D eigenvalue weighted by atomic mass is 10.0. The van der Waals surface area contributed by atoms with Crippen molar-refractivity contribution in [1.82, 2.24) is 5.32 Å². The van der Waals surface area contributed by atoms with Gasteiger partial charge < -0.3 is 5.32 Å². The van der Waals surface area contributed by atoms with Gasteiger partial charge in [-0.3, -0.25) is 0 Å². The molecule has 54 valence electrons. The van der Waals surface area contributed by atoms with E-state index < -0.39 is 0 Å². The van der Waals surface area contributed by atoms with Crippen LogP contribution in [0.25, 0.3) is 0 Å². The van der Waals surface area contributed by atoms with Crippen molar-refractivity contribution >= 4 is 12.4 Å². The molecule has 1 nitrogen and oxygen atoms in total. The summed E-state index contributed by atoms with van der Waals surface area (Å²) in [7, 11) is 0. The van der Waals surface area contributed by atoms with Gasteiger partial charge in [0.15, 0.2) is 0 Å². The normalized spacial score (nSPS) is 54.0. The largest absolute Gasteiger partial charge is 0.316 e. The third kappa shape index (κ3) is 0.714. The third-order valence-electron chi connectivity index (χ3n) is 3.14. The highest BCUT2D eigenvalue weighted by Gasteiger charge is 2.63. The van der Waals surface area contributed by atoms with Crippen LogP contribution in [-0.4, -0.2) is 13.1 Å². The van der Waals surface area contributed by atoms with Gasteiger partial charge >= 0.3 is 0 Å². The van der Waals surface area contributed by atoms with Crippen molar-refractivity contribution in [2.75, 3.05) is 13.1 Å². The van der Waals surface area contributed by atoms with Crippen molar-refractivity contribution in [1.29, 1.82) is 0 Å². The van der Waals surface area contributed by atoms with Crippen LogP contribution in [0.4, 0.5) is 0 Å². The molecular formula is C7H14ClN. The second-order valence-corrected chi connectivity index (χ2v) is 3.90. The van der Waals surface area contributed by atoms with Crippen molar-refractivity contribution in [3.05, 3.63) is 0 Å². The monoisotopic (exact) mass is 147 g/mol. The summed E-state index contributed by atoms with van der Waals surface area (Å²) < 4.78 is 0. The summed E-state index contributed by atoms with van der Waals surface area (Å²) in [5, 5.41) is 3.40. The van der Waals surface area contributed by atoms with Crippen LogP contribution in [0.5, 0.6) is 0 Å². The lowest BCUT2D eigenvalue weighted by Gasteiger charge is -2.02. The zero-order valence-electron chi connectivity index (χ0n) is 6.03. The first kappa shape index (κ1) is 7.36. The minimum atomic E-state index is 0. The lowest BCUT2D eigenvalue weighted by molar-refractivity contribution is 0.494. The summed E-state index contributed by atoms with van der Waals surface area (Å²) in [4.78, 5) is 0. The Morgan fingerprint density at radius 2 is 1.56 bits per heavy atom. The Morgan fingerprint density at radius 1 is 1.11 bits per heavy atom. The first-order chi connectivity index (χ1) is 3.66. The second-order valence-electron chi connectivity index (χ2n) is 3.90. The van der Waals surface area contributed by atoms with Crippen LogP contribution in [0.15, 0.2) is 0 Å². The van der Waals surface area contributed by atoms with Gasteiger partial charge in [0.2, 0.25) is 0 Å². The minimum Gasteiger partial charge on any atom is -0.316 e. The van der Waals surface area contributed by atoms with E-state index >= 15 is 0 Å². The molecule has 1 aliphatic carbocycles. The number of hydrogen-bond acceptors (Lipinski definition) is 1. The quantitative estimate of drug-likeness (QED) is 0.547. The Kier molecular flexibility index (Phi) is 1.34. The fourth-order valence-corrected chi connectivity index (χ4v) is 1.98. The Labute approximate surface area is 62.6 Å². The molecule has 2 rings (SSSR count). The van der Waals surface area contributed by atoms with Crippen LogP contribution in [0.1, 0.15) is 20.3 Å². The first-order valence-electron chi connectivity index (χ1n) is 3.37. The van der Waals surface area contributed by atoms with Crippen LogP contribution in [0.3, 0.4) is 0 Å². The van der Waals surface area contributed by atoms with Gasteiger partial charge in [-0.15, -0.1) is 12.4 Å². The third-order valence-corrected chi connectivity index (χ3v) is 3.14. The molecule has 0 aromatic heterocycles. The summed E-state index contributed by atoms with van der Waals surface area (Å²) in [6.07, 6.45) is 1.45. The fraction of sp³-hybridized carbons (Fsp3) is 1.00. The lowest BCUT2D eigenvalue weighted by Crippen LogP contribution is -2.14. The smallest absolute Gasteiger partial charge is 0.00113 e. The van der Waals surface area contributed by atoms with E-state index in [4.69, 9.17) is 0 Å². The zero-order valence-corrected chi connectivity index (χ0v) is 6.85. The van der Waals surface area contributed by atoms with Gasteiger partial charge in [0.1, 0.15) is 0 Å². The van der Waals surface area contributed by atoms with Crippen LogP contribution in [-0.2, 0) is 0 Å². The molecule has 1 N–H and O–H groups in total. The summed E-state index contributed by atoms with van der Waals surface area (Å²) in [5.74, 6) is 0. The molecule has 1 saturated carbocycles. The summed E-state index contributed by atoms with van der Waals surface area (Å²) in [5.41, 5.74) is 1.38. The maximum atomic E-state index is 3.40. The van der Waals surface area contributed by atoms with E-state index in [9.17, 15) is 0 Å². The van der Waals surface area contributed by atoms with Crippen LogP contribution >= 0.6 is 12.4 Å². The molecule has 2 heteroatoms. The number of piperidine rings is 1. The van der Waals surface area contributed by atoms with Crippen molar-refractivity contribution in [3.8, 4) is 0 Å². The molecule has 0 bridgehead atoms. The molecule has 0 aromatic carbocycles. The SMILES string of the molecule is CC12CNCC1(C)C2.Cl. The fourth-order valence-electron chi connectivity index (χ4n) is 1.98. The van der Waals surface area contributed by atoms with Gasteiger partial charge in [-0.05, 0) is 17.3 Å².